The number of hydrogen-bond donors (Lipinski definition) is 1. The molecule has 0 spiro atoms. The molecule has 1 unspecified atom stereocenters. The second kappa shape index (κ2) is 7.51. The molecule has 0 fully saturated rings. The van der Waals surface area contributed by atoms with Crippen LogP contribution in [0.4, 0.5) is 0 Å². The molecule has 2 N–H and O–H groups in total. The maximum Gasteiger partial charge on any atom is 0.163 e. The van der Waals surface area contributed by atoms with E-state index in [2.05, 4.69) is 19.6 Å². The van der Waals surface area contributed by atoms with Crippen molar-refractivity contribution in [1.82, 2.24) is 0 Å². The van der Waals surface area contributed by atoms with Gasteiger partial charge in [0.15, 0.2) is 5.78 Å². The average Bonchev–Trinajstić information content (AvgIpc) is 2.45. The summed E-state index contributed by atoms with van der Waals surface area (Å²) >= 11 is 0. The Kier molecular flexibility index (Phi) is 7.09. The lowest BCUT2D eigenvalue weighted by atomic mass is 9.69. The van der Waals surface area contributed by atoms with Gasteiger partial charge in [0.1, 0.15) is 5.75 Å². The number of carbonyl (C=O) groups excluding carboxylic acids is 1. The Balaban J connectivity index is 0.00000103. The minimum atomic E-state index is 0. The molecular weight excluding hydrogens is 262 g/mol. The number of ether oxygens (including phenoxy) is 1. The highest BCUT2D eigenvalue weighted by Crippen LogP contribution is 2.40. The lowest BCUT2D eigenvalue weighted by molar-refractivity contribution is 0.0953. The first-order chi connectivity index (χ1) is 8.60. The van der Waals surface area contributed by atoms with E-state index in [1.807, 2.05) is 18.2 Å². The topological polar surface area (TPSA) is 52.3 Å². The molecule has 1 aliphatic carbocycles. The zero-order valence-electron chi connectivity index (χ0n) is 12.2. The maximum absolute atomic E-state index is 11.8. The Morgan fingerprint density at radius 2 is 2.00 bits per heavy atom. The number of Topliss-reactive ketones (excluding diaryl/α,β-unsaturated/α-hetero) is 1. The Hall–Kier alpha value is -1.06. The molecule has 0 aromatic heterocycles. The summed E-state index contributed by atoms with van der Waals surface area (Å²) in [6.07, 6.45) is 2.67. The third kappa shape index (κ3) is 3.48. The van der Waals surface area contributed by atoms with E-state index in [9.17, 15) is 4.79 Å². The zero-order valence-corrected chi connectivity index (χ0v) is 13.0. The van der Waals surface area contributed by atoms with Gasteiger partial charge in [-0.15, -0.1) is 12.4 Å². The molecule has 1 aliphatic rings. The lowest BCUT2D eigenvalue weighted by Gasteiger charge is -2.34. The van der Waals surface area contributed by atoms with Gasteiger partial charge in [-0.05, 0) is 49.1 Å². The Morgan fingerprint density at radius 3 is 2.53 bits per heavy atom. The minimum Gasteiger partial charge on any atom is -0.497 e. The van der Waals surface area contributed by atoms with Crippen LogP contribution in [0.2, 0.25) is 0 Å². The van der Waals surface area contributed by atoms with Crippen molar-refractivity contribution >= 4 is 18.2 Å². The van der Waals surface area contributed by atoms with Crippen LogP contribution in [0, 0.1) is 0 Å². The normalized spacial score (nSPS) is 20.6. The predicted octanol–water partition coefficient (Wildman–Crippen LogP) is 3.34. The van der Waals surface area contributed by atoms with Crippen LogP contribution in [-0.4, -0.2) is 19.9 Å². The fourth-order valence-electron chi connectivity index (χ4n) is 2.42. The number of ketones is 1. The highest BCUT2D eigenvalue weighted by atomic mass is 35.5. The molecular formula is C15H24ClNO2. The van der Waals surface area contributed by atoms with E-state index in [4.69, 9.17) is 4.74 Å². The van der Waals surface area contributed by atoms with Gasteiger partial charge in [-0.3, -0.25) is 4.79 Å². The van der Waals surface area contributed by atoms with Gasteiger partial charge in [0.2, 0.25) is 0 Å². The average molecular weight is 286 g/mol. The SMILES string of the molecule is CCC1(C)CCC(=O)c2ccc(OC)cc21.CN.Cl. The zero-order chi connectivity index (χ0) is 13.8. The van der Waals surface area contributed by atoms with E-state index < -0.39 is 0 Å². The number of nitrogens with two attached hydrogens (primary N) is 1. The maximum atomic E-state index is 11.8. The van der Waals surface area contributed by atoms with Crippen LogP contribution >= 0.6 is 12.4 Å². The van der Waals surface area contributed by atoms with Gasteiger partial charge in [-0.25, -0.2) is 0 Å². The molecule has 2 rings (SSSR count). The monoisotopic (exact) mass is 285 g/mol. The third-order valence-corrected chi connectivity index (χ3v) is 3.86. The summed E-state index contributed by atoms with van der Waals surface area (Å²) < 4.78 is 5.24. The summed E-state index contributed by atoms with van der Waals surface area (Å²) in [6, 6.07) is 5.80. The number of halogens is 1. The second-order valence-corrected chi connectivity index (χ2v) is 4.75. The fourth-order valence-corrected chi connectivity index (χ4v) is 2.42. The molecule has 4 heteroatoms. The van der Waals surface area contributed by atoms with Gasteiger partial charge in [0.05, 0.1) is 7.11 Å². The molecule has 0 saturated carbocycles. The van der Waals surface area contributed by atoms with E-state index in [-0.39, 0.29) is 23.6 Å². The summed E-state index contributed by atoms with van der Waals surface area (Å²) in [4.78, 5) is 11.8. The van der Waals surface area contributed by atoms with Crippen LogP contribution in [-0.2, 0) is 5.41 Å². The van der Waals surface area contributed by atoms with Crippen LogP contribution < -0.4 is 10.5 Å². The quantitative estimate of drug-likeness (QED) is 0.907. The number of hydrogen-bond acceptors (Lipinski definition) is 3. The minimum absolute atomic E-state index is 0. The molecule has 3 nitrogen and oxygen atoms in total. The van der Waals surface area contributed by atoms with Crippen LogP contribution in [0.25, 0.3) is 0 Å². The van der Waals surface area contributed by atoms with Gasteiger partial charge >= 0.3 is 0 Å². The van der Waals surface area contributed by atoms with Gasteiger partial charge in [-0.2, -0.15) is 0 Å². The number of methoxy groups -OCH3 is 1. The smallest absolute Gasteiger partial charge is 0.163 e. The number of carbonyl (C=O) groups is 1. The highest BCUT2D eigenvalue weighted by Gasteiger charge is 2.34. The molecule has 108 valence electrons. The Bertz CT molecular complexity index is 434. The molecule has 0 bridgehead atoms. The van der Waals surface area contributed by atoms with Crippen LogP contribution in [0.15, 0.2) is 18.2 Å². The number of fused-ring (bicyclic) bond motifs is 1. The first kappa shape index (κ1) is 17.9. The first-order valence-corrected chi connectivity index (χ1v) is 6.40. The van der Waals surface area contributed by atoms with Crippen molar-refractivity contribution in [2.24, 2.45) is 5.73 Å². The van der Waals surface area contributed by atoms with Crippen molar-refractivity contribution in [3.05, 3.63) is 29.3 Å². The van der Waals surface area contributed by atoms with Gasteiger partial charge in [-0.1, -0.05) is 13.8 Å². The summed E-state index contributed by atoms with van der Waals surface area (Å²) in [7, 11) is 3.16. The summed E-state index contributed by atoms with van der Waals surface area (Å²) in [5.74, 6) is 1.11. The standard InChI is InChI=1S/C14H18O2.CH5N.ClH/c1-4-14(2)8-7-13(15)11-6-5-10(16-3)9-12(11)14;1-2;/h5-6,9H,4,7-8H2,1-3H3;2H2,1H3;1H. The van der Waals surface area contributed by atoms with Crippen molar-refractivity contribution in [2.45, 2.75) is 38.5 Å². The van der Waals surface area contributed by atoms with E-state index in [1.54, 1.807) is 7.11 Å². The van der Waals surface area contributed by atoms with Crippen molar-refractivity contribution in [1.29, 1.82) is 0 Å². The fraction of sp³-hybridized carbons (Fsp3) is 0.533. The Morgan fingerprint density at radius 1 is 1.37 bits per heavy atom. The molecule has 0 heterocycles. The van der Waals surface area contributed by atoms with E-state index in [0.717, 1.165) is 29.7 Å². The van der Waals surface area contributed by atoms with Crippen molar-refractivity contribution in [3.63, 3.8) is 0 Å². The first-order valence-electron chi connectivity index (χ1n) is 6.40. The van der Waals surface area contributed by atoms with Gasteiger partial charge in [0.25, 0.3) is 0 Å². The van der Waals surface area contributed by atoms with Crippen molar-refractivity contribution in [2.75, 3.05) is 14.2 Å². The van der Waals surface area contributed by atoms with Crippen LogP contribution in [0.5, 0.6) is 5.75 Å². The Labute approximate surface area is 121 Å². The summed E-state index contributed by atoms with van der Waals surface area (Å²) in [6.45, 7) is 4.41. The molecule has 19 heavy (non-hydrogen) atoms. The van der Waals surface area contributed by atoms with E-state index in [1.165, 1.54) is 7.05 Å². The largest absolute Gasteiger partial charge is 0.497 e. The molecule has 1 aromatic rings. The number of benzene rings is 1. The summed E-state index contributed by atoms with van der Waals surface area (Å²) in [5, 5.41) is 0. The molecule has 0 aliphatic heterocycles. The predicted molar refractivity (Wildman–Crippen MR) is 81.6 cm³/mol. The lowest BCUT2D eigenvalue weighted by Crippen LogP contribution is -2.29. The molecule has 0 saturated heterocycles. The van der Waals surface area contributed by atoms with E-state index >= 15 is 0 Å². The second-order valence-electron chi connectivity index (χ2n) is 4.75. The molecule has 1 atom stereocenters. The number of rotatable bonds is 2. The van der Waals surface area contributed by atoms with Gasteiger partial charge in [0, 0.05) is 12.0 Å². The van der Waals surface area contributed by atoms with Crippen LogP contribution in [0.3, 0.4) is 0 Å². The summed E-state index contributed by atoms with van der Waals surface area (Å²) in [5.41, 5.74) is 6.67. The molecule has 0 radical (unpaired) electrons. The highest BCUT2D eigenvalue weighted by molar-refractivity contribution is 5.99. The van der Waals surface area contributed by atoms with Crippen LogP contribution in [0.1, 0.15) is 49.0 Å². The van der Waals surface area contributed by atoms with E-state index in [0.29, 0.717) is 6.42 Å². The molecule has 1 aromatic carbocycles. The van der Waals surface area contributed by atoms with Crippen molar-refractivity contribution in [3.8, 4) is 5.75 Å². The third-order valence-electron chi connectivity index (χ3n) is 3.86. The van der Waals surface area contributed by atoms with Gasteiger partial charge < -0.3 is 10.5 Å². The van der Waals surface area contributed by atoms with Crippen molar-refractivity contribution < 1.29 is 9.53 Å². The molecule has 0 amide bonds.